The molecule has 6 heteroatoms. The molecule has 0 unspecified atom stereocenters. The van der Waals surface area contributed by atoms with Gasteiger partial charge in [0.2, 0.25) is 0 Å². The van der Waals surface area contributed by atoms with Crippen LogP contribution in [0.1, 0.15) is 42.5 Å². The number of hydrogen-bond acceptors (Lipinski definition) is 3. The SMILES string of the molecule is O=C(NC1(C(=O)O)CCCCC1)c1ccc(O)cc1F. The first-order valence-corrected chi connectivity index (χ1v) is 6.49. The van der Waals surface area contributed by atoms with Gasteiger partial charge in [-0.15, -0.1) is 0 Å². The Labute approximate surface area is 115 Å². The molecule has 108 valence electrons. The predicted molar refractivity (Wildman–Crippen MR) is 69.0 cm³/mol. The molecule has 5 nitrogen and oxygen atoms in total. The van der Waals surface area contributed by atoms with Gasteiger partial charge in [-0.05, 0) is 25.0 Å². The number of rotatable bonds is 3. The van der Waals surface area contributed by atoms with E-state index in [1.54, 1.807) is 0 Å². The molecule has 1 aliphatic carbocycles. The summed E-state index contributed by atoms with van der Waals surface area (Å²) in [6, 6.07) is 3.15. The van der Waals surface area contributed by atoms with Gasteiger partial charge in [-0.1, -0.05) is 19.3 Å². The second-order valence-corrected chi connectivity index (χ2v) is 5.07. The normalized spacial score (nSPS) is 17.4. The van der Waals surface area contributed by atoms with E-state index in [1.807, 2.05) is 0 Å². The van der Waals surface area contributed by atoms with Gasteiger partial charge in [0.15, 0.2) is 0 Å². The summed E-state index contributed by atoms with van der Waals surface area (Å²) in [5.74, 6) is -3.03. The van der Waals surface area contributed by atoms with Gasteiger partial charge in [0.1, 0.15) is 17.1 Å². The van der Waals surface area contributed by atoms with Crippen LogP contribution >= 0.6 is 0 Å². The third kappa shape index (κ3) is 2.74. The lowest BCUT2D eigenvalue weighted by Crippen LogP contribution is -2.55. The van der Waals surface area contributed by atoms with Crippen molar-refractivity contribution in [3.05, 3.63) is 29.6 Å². The van der Waals surface area contributed by atoms with Gasteiger partial charge >= 0.3 is 5.97 Å². The lowest BCUT2D eigenvalue weighted by molar-refractivity contribution is -0.145. The van der Waals surface area contributed by atoms with E-state index in [2.05, 4.69) is 5.32 Å². The summed E-state index contributed by atoms with van der Waals surface area (Å²) in [5.41, 5.74) is -1.59. The van der Waals surface area contributed by atoms with Crippen LogP contribution in [0.15, 0.2) is 18.2 Å². The zero-order valence-electron chi connectivity index (χ0n) is 10.9. The van der Waals surface area contributed by atoms with E-state index in [0.717, 1.165) is 18.6 Å². The Morgan fingerprint density at radius 2 is 1.85 bits per heavy atom. The van der Waals surface area contributed by atoms with E-state index in [1.165, 1.54) is 6.07 Å². The maximum Gasteiger partial charge on any atom is 0.329 e. The van der Waals surface area contributed by atoms with Crippen LogP contribution in [-0.4, -0.2) is 27.6 Å². The van der Waals surface area contributed by atoms with Gasteiger partial charge in [-0.25, -0.2) is 9.18 Å². The third-order valence-electron chi connectivity index (χ3n) is 3.67. The van der Waals surface area contributed by atoms with Crippen LogP contribution < -0.4 is 5.32 Å². The van der Waals surface area contributed by atoms with Crippen molar-refractivity contribution in [2.24, 2.45) is 0 Å². The molecule has 1 aliphatic rings. The van der Waals surface area contributed by atoms with Crippen molar-refractivity contribution in [1.29, 1.82) is 0 Å². The monoisotopic (exact) mass is 281 g/mol. The maximum atomic E-state index is 13.6. The summed E-state index contributed by atoms with van der Waals surface area (Å²) >= 11 is 0. The summed E-state index contributed by atoms with van der Waals surface area (Å²) in [4.78, 5) is 23.5. The number of hydrogen-bond donors (Lipinski definition) is 3. The number of carboxylic acids is 1. The van der Waals surface area contributed by atoms with Gasteiger partial charge in [0.25, 0.3) is 5.91 Å². The molecule has 1 amide bonds. The minimum Gasteiger partial charge on any atom is -0.508 e. The average molecular weight is 281 g/mol. The highest BCUT2D eigenvalue weighted by atomic mass is 19.1. The first kappa shape index (κ1) is 14.3. The van der Waals surface area contributed by atoms with Gasteiger partial charge in [0.05, 0.1) is 5.56 Å². The topological polar surface area (TPSA) is 86.6 Å². The van der Waals surface area contributed by atoms with Crippen molar-refractivity contribution in [2.75, 3.05) is 0 Å². The summed E-state index contributed by atoms with van der Waals surface area (Å²) in [5, 5.41) is 20.9. The van der Waals surface area contributed by atoms with Crippen molar-refractivity contribution < 1.29 is 24.2 Å². The summed E-state index contributed by atoms with van der Waals surface area (Å²) < 4.78 is 13.6. The van der Waals surface area contributed by atoms with Crippen LogP contribution in [0.2, 0.25) is 0 Å². The molecule has 1 fully saturated rings. The van der Waals surface area contributed by atoms with E-state index in [9.17, 15) is 19.1 Å². The van der Waals surface area contributed by atoms with Crippen LogP contribution in [0.25, 0.3) is 0 Å². The molecule has 3 N–H and O–H groups in total. The van der Waals surface area contributed by atoms with E-state index < -0.39 is 23.2 Å². The van der Waals surface area contributed by atoms with E-state index in [0.29, 0.717) is 25.7 Å². The van der Waals surface area contributed by atoms with Crippen molar-refractivity contribution in [1.82, 2.24) is 5.32 Å². The number of amides is 1. The van der Waals surface area contributed by atoms with Gasteiger partial charge in [0, 0.05) is 6.07 Å². The largest absolute Gasteiger partial charge is 0.508 e. The maximum absolute atomic E-state index is 13.6. The number of halogens is 1. The molecular formula is C14H16FNO4. The van der Waals surface area contributed by atoms with Crippen LogP contribution in [-0.2, 0) is 4.79 Å². The minimum atomic E-state index is -1.32. The zero-order chi connectivity index (χ0) is 14.8. The molecule has 0 bridgehead atoms. The lowest BCUT2D eigenvalue weighted by atomic mass is 9.81. The van der Waals surface area contributed by atoms with Crippen LogP contribution in [0.5, 0.6) is 5.75 Å². The van der Waals surface area contributed by atoms with E-state index in [4.69, 9.17) is 5.11 Å². The Morgan fingerprint density at radius 1 is 1.20 bits per heavy atom. The van der Waals surface area contributed by atoms with Gasteiger partial charge in [-0.3, -0.25) is 4.79 Å². The average Bonchev–Trinajstić information content (AvgIpc) is 2.39. The smallest absolute Gasteiger partial charge is 0.329 e. The van der Waals surface area contributed by atoms with Gasteiger partial charge < -0.3 is 15.5 Å². The molecule has 1 aromatic carbocycles. The molecule has 0 spiro atoms. The first-order chi connectivity index (χ1) is 9.44. The number of phenolic OH excluding ortho intramolecular Hbond substituents is 1. The molecule has 20 heavy (non-hydrogen) atoms. The van der Waals surface area contributed by atoms with Crippen LogP contribution in [0, 0.1) is 5.82 Å². The second-order valence-electron chi connectivity index (χ2n) is 5.07. The standard InChI is InChI=1S/C14H16FNO4/c15-11-8-9(17)4-5-10(11)12(18)16-14(13(19)20)6-2-1-3-7-14/h4-5,8,17H,1-3,6-7H2,(H,16,18)(H,19,20). The predicted octanol–water partition coefficient (Wildman–Crippen LogP) is 2.05. The zero-order valence-corrected chi connectivity index (χ0v) is 10.9. The molecule has 0 aromatic heterocycles. The van der Waals surface area contributed by atoms with Crippen molar-refractivity contribution in [3.8, 4) is 5.75 Å². The molecule has 2 rings (SSSR count). The Hall–Kier alpha value is -2.11. The quantitative estimate of drug-likeness (QED) is 0.791. The van der Waals surface area contributed by atoms with E-state index >= 15 is 0 Å². The fourth-order valence-electron chi connectivity index (χ4n) is 2.52. The molecule has 0 atom stereocenters. The van der Waals surface area contributed by atoms with Gasteiger partial charge in [-0.2, -0.15) is 0 Å². The summed E-state index contributed by atoms with van der Waals surface area (Å²) in [7, 11) is 0. The highest BCUT2D eigenvalue weighted by Crippen LogP contribution is 2.29. The Morgan fingerprint density at radius 3 is 2.40 bits per heavy atom. The molecule has 1 aromatic rings. The first-order valence-electron chi connectivity index (χ1n) is 6.49. The highest BCUT2D eigenvalue weighted by molar-refractivity contribution is 5.98. The van der Waals surface area contributed by atoms with Crippen molar-refractivity contribution in [2.45, 2.75) is 37.6 Å². The number of aromatic hydroxyl groups is 1. The molecule has 0 radical (unpaired) electrons. The third-order valence-corrected chi connectivity index (χ3v) is 3.67. The molecule has 0 aliphatic heterocycles. The summed E-state index contributed by atoms with van der Waals surface area (Å²) in [6.45, 7) is 0. The number of aliphatic carboxylic acids is 1. The van der Waals surface area contributed by atoms with Crippen LogP contribution in [0.4, 0.5) is 4.39 Å². The minimum absolute atomic E-state index is 0.269. The summed E-state index contributed by atoms with van der Waals surface area (Å²) in [6.07, 6.45) is 3.04. The number of carbonyl (C=O) groups excluding carboxylic acids is 1. The fraction of sp³-hybridized carbons (Fsp3) is 0.429. The Kier molecular flexibility index (Phi) is 3.92. The Bertz CT molecular complexity index is 538. The molecule has 0 saturated heterocycles. The second kappa shape index (κ2) is 5.48. The van der Waals surface area contributed by atoms with Crippen LogP contribution in [0.3, 0.4) is 0 Å². The van der Waals surface area contributed by atoms with Crippen molar-refractivity contribution in [3.63, 3.8) is 0 Å². The number of carboxylic acid groups (broad SMARTS) is 1. The molecular weight excluding hydrogens is 265 g/mol. The Balaban J connectivity index is 2.22. The van der Waals surface area contributed by atoms with E-state index in [-0.39, 0.29) is 11.3 Å². The number of carbonyl (C=O) groups is 2. The molecule has 0 heterocycles. The fourth-order valence-corrected chi connectivity index (χ4v) is 2.52. The van der Waals surface area contributed by atoms with Crippen molar-refractivity contribution >= 4 is 11.9 Å². The number of nitrogens with one attached hydrogen (secondary N) is 1. The number of phenols is 1. The highest BCUT2D eigenvalue weighted by Gasteiger charge is 2.41. The lowest BCUT2D eigenvalue weighted by Gasteiger charge is -2.34. The molecule has 1 saturated carbocycles. The number of benzene rings is 1.